The van der Waals surface area contributed by atoms with E-state index in [4.69, 9.17) is 14.6 Å². The van der Waals surface area contributed by atoms with Gasteiger partial charge >= 0.3 is 6.03 Å². The quantitative estimate of drug-likeness (QED) is 0.711. The first-order chi connectivity index (χ1) is 12.2. The largest absolute Gasteiger partial charge is 0.493 e. The maximum atomic E-state index is 12.2. The average molecular weight is 379 g/mol. The third-order valence-corrected chi connectivity index (χ3v) is 4.59. The van der Waals surface area contributed by atoms with Crippen molar-refractivity contribution < 1.29 is 22.7 Å². The van der Waals surface area contributed by atoms with Crippen LogP contribution in [0.15, 0.2) is 47.4 Å². The summed E-state index contributed by atoms with van der Waals surface area (Å²) in [4.78, 5) is 12.1. The number of benzene rings is 2. The Bertz CT molecular complexity index is 899. The Morgan fingerprint density at radius 1 is 1.08 bits per heavy atom. The first-order valence-corrected chi connectivity index (χ1v) is 9.21. The molecule has 2 aromatic rings. The number of hydrogen-bond acceptors (Lipinski definition) is 5. The van der Waals surface area contributed by atoms with Crippen LogP contribution in [0.1, 0.15) is 18.5 Å². The Balaban J connectivity index is 2.08. The second kappa shape index (κ2) is 8.07. The van der Waals surface area contributed by atoms with E-state index in [9.17, 15) is 13.2 Å². The van der Waals surface area contributed by atoms with Crippen molar-refractivity contribution in [2.24, 2.45) is 5.14 Å². The van der Waals surface area contributed by atoms with Crippen molar-refractivity contribution in [2.75, 3.05) is 19.5 Å². The molecule has 0 aromatic heterocycles. The Labute approximate surface area is 152 Å². The molecule has 1 atom stereocenters. The minimum Gasteiger partial charge on any atom is -0.493 e. The summed E-state index contributed by atoms with van der Waals surface area (Å²) in [6, 6.07) is 10.2. The van der Waals surface area contributed by atoms with Crippen molar-refractivity contribution in [3.63, 3.8) is 0 Å². The normalized spacial score (nSPS) is 12.2. The van der Waals surface area contributed by atoms with Crippen LogP contribution in [-0.4, -0.2) is 28.7 Å². The van der Waals surface area contributed by atoms with Gasteiger partial charge in [0, 0.05) is 5.69 Å². The zero-order valence-electron chi connectivity index (χ0n) is 14.6. The lowest BCUT2D eigenvalue weighted by atomic mass is 10.1. The van der Waals surface area contributed by atoms with Gasteiger partial charge in [-0.05, 0) is 42.8 Å². The highest BCUT2D eigenvalue weighted by molar-refractivity contribution is 7.89. The first-order valence-electron chi connectivity index (χ1n) is 7.67. The summed E-state index contributed by atoms with van der Waals surface area (Å²) >= 11 is 0. The van der Waals surface area contributed by atoms with Gasteiger partial charge in [-0.3, -0.25) is 0 Å². The summed E-state index contributed by atoms with van der Waals surface area (Å²) in [5.41, 5.74) is 1.13. The van der Waals surface area contributed by atoms with Crippen LogP contribution in [0.3, 0.4) is 0 Å². The summed E-state index contributed by atoms with van der Waals surface area (Å²) in [6.07, 6.45) is 0. The molecule has 2 aromatic carbocycles. The molecule has 8 nitrogen and oxygen atoms in total. The van der Waals surface area contributed by atoms with Gasteiger partial charge in [-0.1, -0.05) is 12.1 Å². The standard InChI is InChI=1S/C17H21N3O5S/c1-11(12-7-8-15(24-2)16(9-12)25-3)19-17(21)20-13-5-4-6-14(10-13)26(18,22)23/h4-11H,1-3H3,(H2,18,22,23)(H2,19,20,21). The van der Waals surface area contributed by atoms with Gasteiger partial charge in [-0.25, -0.2) is 18.4 Å². The molecule has 2 rings (SSSR count). The molecule has 140 valence electrons. The first kappa shape index (κ1) is 19.5. The average Bonchev–Trinajstić information content (AvgIpc) is 2.60. The summed E-state index contributed by atoms with van der Waals surface area (Å²) in [5.74, 6) is 1.15. The van der Waals surface area contributed by atoms with Crippen LogP contribution in [0.25, 0.3) is 0 Å². The third kappa shape index (κ3) is 4.87. The summed E-state index contributed by atoms with van der Waals surface area (Å²) in [6.45, 7) is 1.81. The van der Waals surface area contributed by atoms with E-state index >= 15 is 0 Å². The van der Waals surface area contributed by atoms with E-state index in [-0.39, 0.29) is 10.9 Å². The highest BCUT2D eigenvalue weighted by Gasteiger charge is 2.14. The molecular formula is C17H21N3O5S. The fourth-order valence-electron chi connectivity index (χ4n) is 2.32. The predicted molar refractivity (Wildman–Crippen MR) is 97.9 cm³/mol. The molecule has 1 unspecified atom stereocenters. The van der Waals surface area contributed by atoms with Gasteiger partial charge in [0.2, 0.25) is 10.0 Å². The van der Waals surface area contributed by atoms with Gasteiger partial charge < -0.3 is 20.1 Å². The summed E-state index contributed by atoms with van der Waals surface area (Å²) in [7, 11) is -0.762. The molecule has 0 saturated carbocycles. The van der Waals surface area contributed by atoms with E-state index in [0.29, 0.717) is 17.2 Å². The van der Waals surface area contributed by atoms with Crippen LogP contribution in [-0.2, 0) is 10.0 Å². The molecule has 0 saturated heterocycles. The number of carbonyl (C=O) groups is 1. The van der Waals surface area contributed by atoms with Gasteiger partial charge in [0.1, 0.15) is 0 Å². The maximum Gasteiger partial charge on any atom is 0.319 e. The molecule has 2 amide bonds. The van der Waals surface area contributed by atoms with Gasteiger partial charge in [0.15, 0.2) is 11.5 Å². The lowest BCUT2D eigenvalue weighted by Gasteiger charge is -2.17. The zero-order chi connectivity index (χ0) is 19.3. The van der Waals surface area contributed by atoms with Crippen molar-refractivity contribution in [1.29, 1.82) is 0 Å². The van der Waals surface area contributed by atoms with Gasteiger partial charge in [-0.2, -0.15) is 0 Å². The van der Waals surface area contributed by atoms with E-state index < -0.39 is 16.1 Å². The van der Waals surface area contributed by atoms with E-state index in [1.165, 1.54) is 25.3 Å². The van der Waals surface area contributed by atoms with Crippen LogP contribution in [0.4, 0.5) is 10.5 Å². The van der Waals surface area contributed by atoms with Gasteiger partial charge in [0.05, 0.1) is 25.2 Å². The minimum atomic E-state index is -3.84. The van der Waals surface area contributed by atoms with E-state index in [0.717, 1.165) is 5.56 Å². The molecule has 0 fully saturated rings. The van der Waals surface area contributed by atoms with Crippen molar-refractivity contribution in [3.8, 4) is 11.5 Å². The lowest BCUT2D eigenvalue weighted by Crippen LogP contribution is -2.31. The fourth-order valence-corrected chi connectivity index (χ4v) is 2.88. The van der Waals surface area contributed by atoms with E-state index in [2.05, 4.69) is 10.6 Å². The molecule has 0 spiro atoms. The summed E-state index contributed by atoms with van der Waals surface area (Å²) in [5, 5.41) is 10.4. The number of nitrogens with one attached hydrogen (secondary N) is 2. The maximum absolute atomic E-state index is 12.2. The molecule has 0 heterocycles. The molecule has 0 radical (unpaired) electrons. The Hall–Kier alpha value is -2.78. The fraction of sp³-hybridized carbons (Fsp3) is 0.235. The number of urea groups is 1. The monoisotopic (exact) mass is 379 g/mol. The van der Waals surface area contributed by atoms with Crippen molar-refractivity contribution in [3.05, 3.63) is 48.0 Å². The molecule has 0 aliphatic heterocycles. The number of anilines is 1. The summed E-state index contributed by atoms with van der Waals surface area (Å²) < 4.78 is 33.2. The SMILES string of the molecule is COc1ccc(C(C)NC(=O)Nc2cccc(S(N)(=O)=O)c2)cc1OC. The smallest absolute Gasteiger partial charge is 0.319 e. The molecule has 26 heavy (non-hydrogen) atoms. The minimum absolute atomic E-state index is 0.0803. The topological polar surface area (TPSA) is 120 Å². The zero-order valence-corrected chi connectivity index (χ0v) is 15.5. The number of ether oxygens (including phenoxy) is 2. The highest BCUT2D eigenvalue weighted by atomic mass is 32.2. The molecule has 0 aliphatic rings. The number of hydrogen-bond donors (Lipinski definition) is 3. The Kier molecular flexibility index (Phi) is 6.06. The molecule has 4 N–H and O–H groups in total. The number of sulfonamides is 1. The highest BCUT2D eigenvalue weighted by Crippen LogP contribution is 2.29. The van der Waals surface area contributed by atoms with Crippen LogP contribution in [0.5, 0.6) is 11.5 Å². The van der Waals surface area contributed by atoms with Gasteiger partial charge in [0.25, 0.3) is 0 Å². The van der Waals surface area contributed by atoms with E-state index in [1.807, 2.05) is 13.0 Å². The molecule has 9 heteroatoms. The van der Waals surface area contributed by atoms with Crippen LogP contribution < -0.4 is 25.2 Å². The Morgan fingerprint density at radius 2 is 1.77 bits per heavy atom. The van der Waals surface area contributed by atoms with Crippen molar-refractivity contribution >= 4 is 21.7 Å². The van der Waals surface area contributed by atoms with Crippen LogP contribution >= 0.6 is 0 Å². The number of amides is 2. The molecular weight excluding hydrogens is 358 g/mol. The number of nitrogens with two attached hydrogens (primary N) is 1. The number of methoxy groups -OCH3 is 2. The molecule has 0 bridgehead atoms. The number of carbonyl (C=O) groups excluding carboxylic acids is 1. The number of primary sulfonamides is 1. The van der Waals surface area contributed by atoms with Crippen molar-refractivity contribution in [1.82, 2.24) is 5.32 Å². The second-order valence-corrected chi connectivity index (χ2v) is 7.07. The lowest BCUT2D eigenvalue weighted by molar-refractivity contribution is 0.249. The molecule has 0 aliphatic carbocycles. The second-order valence-electron chi connectivity index (χ2n) is 5.51. The third-order valence-electron chi connectivity index (χ3n) is 3.68. The Morgan fingerprint density at radius 3 is 2.38 bits per heavy atom. The van der Waals surface area contributed by atoms with Crippen molar-refractivity contribution in [2.45, 2.75) is 17.9 Å². The van der Waals surface area contributed by atoms with Crippen LogP contribution in [0.2, 0.25) is 0 Å². The number of rotatable bonds is 6. The predicted octanol–water partition coefficient (Wildman–Crippen LogP) is 2.23. The van der Waals surface area contributed by atoms with E-state index in [1.54, 1.807) is 25.3 Å². The van der Waals surface area contributed by atoms with Gasteiger partial charge in [-0.15, -0.1) is 0 Å². The van der Waals surface area contributed by atoms with Crippen LogP contribution in [0, 0.1) is 0 Å².